The molecule has 0 N–H and O–H groups in total. The van der Waals surface area contributed by atoms with Crippen molar-refractivity contribution in [3.63, 3.8) is 0 Å². The Morgan fingerprint density at radius 1 is 0.261 bits per heavy atom. The Hall–Kier alpha value is -3.40. The highest BCUT2D eigenvalue weighted by Gasteiger charge is 2.08. The van der Waals surface area contributed by atoms with Gasteiger partial charge in [0.2, 0.25) is 0 Å². The quantitative estimate of drug-likeness (QED) is 0.0416. The second-order valence-corrected chi connectivity index (χ2v) is 26.9. The number of unbranched alkanes of at least 4 members (excludes halogenated alkanes) is 51. The first-order valence-electron chi connectivity index (χ1n) is 39.0. The normalized spacial score (nSPS) is 12.1. The first-order chi connectivity index (χ1) is 43.7. The molecule has 0 saturated heterocycles. The van der Waals surface area contributed by atoms with Crippen LogP contribution in [0.3, 0.4) is 0 Å². The molecular formula is C78H144N10. The average molecular weight is 1220 g/mol. The predicted octanol–water partition coefficient (Wildman–Crippen LogP) is 23.4. The van der Waals surface area contributed by atoms with E-state index in [9.17, 15) is 0 Å². The Labute approximate surface area is 545 Å². The highest BCUT2D eigenvalue weighted by atomic mass is 15.2. The summed E-state index contributed by atoms with van der Waals surface area (Å²) in [4.78, 5) is 31.3. The number of aryl methyl sites for hydroxylation is 3. The third-order valence-electron chi connectivity index (χ3n) is 18.8. The highest BCUT2D eigenvalue weighted by molar-refractivity contribution is 5.75. The molecule has 10 heteroatoms. The lowest BCUT2D eigenvalue weighted by Crippen LogP contribution is -2.31. The number of imidazole rings is 3. The Balaban J connectivity index is 1.34. The van der Waals surface area contributed by atoms with Crippen LogP contribution in [0.2, 0.25) is 0 Å². The zero-order valence-corrected chi connectivity index (χ0v) is 58.7. The van der Waals surface area contributed by atoms with Gasteiger partial charge in [-0.15, -0.1) is 0 Å². The molecule has 0 atom stereocenters. The van der Waals surface area contributed by atoms with Crippen LogP contribution in [0.1, 0.15) is 385 Å². The summed E-state index contributed by atoms with van der Waals surface area (Å²) < 4.78 is 6.86. The van der Waals surface area contributed by atoms with Crippen molar-refractivity contribution in [3.05, 3.63) is 54.7 Å². The van der Waals surface area contributed by atoms with Crippen molar-refractivity contribution in [2.45, 2.75) is 387 Å². The smallest absolute Gasteiger partial charge is 0.150 e. The molecule has 0 amide bonds. The molecule has 0 saturated carbocycles. The van der Waals surface area contributed by atoms with Crippen LogP contribution < -0.4 is 0 Å². The van der Waals surface area contributed by atoms with Gasteiger partial charge in [0.15, 0.2) is 17.5 Å². The van der Waals surface area contributed by atoms with Crippen molar-refractivity contribution >= 4 is 18.6 Å². The third-order valence-corrected chi connectivity index (χ3v) is 18.8. The highest BCUT2D eigenvalue weighted by Crippen LogP contribution is 2.19. The van der Waals surface area contributed by atoms with Crippen LogP contribution in [-0.2, 0) is 19.6 Å². The van der Waals surface area contributed by atoms with E-state index in [2.05, 4.69) is 72.9 Å². The second kappa shape index (κ2) is 62.4. The van der Waals surface area contributed by atoms with Gasteiger partial charge >= 0.3 is 0 Å². The lowest BCUT2D eigenvalue weighted by atomic mass is 10.0. The van der Waals surface area contributed by atoms with Crippen molar-refractivity contribution < 1.29 is 0 Å². The van der Waals surface area contributed by atoms with Crippen molar-refractivity contribution in [2.75, 3.05) is 39.3 Å². The number of hydrogen-bond acceptors (Lipinski definition) is 7. The molecule has 3 aromatic heterocycles. The third kappa shape index (κ3) is 47.5. The molecule has 0 unspecified atom stereocenters. The first-order valence-corrected chi connectivity index (χ1v) is 39.0. The van der Waals surface area contributed by atoms with Crippen LogP contribution in [0.25, 0.3) is 0 Å². The van der Waals surface area contributed by atoms with Crippen molar-refractivity contribution in [1.29, 1.82) is 0 Å². The predicted molar refractivity (Wildman–Crippen MR) is 387 cm³/mol. The molecule has 0 spiro atoms. The molecule has 0 fully saturated rings. The summed E-state index contributed by atoms with van der Waals surface area (Å²) in [7, 11) is 0. The Bertz CT molecular complexity index is 1740. The molecule has 3 heterocycles. The molecule has 0 bridgehead atoms. The fourth-order valence-electron chi connectivity index (χ4n) is 12.8. The monoisotopic (exact) mass is 1220 g/mol. The van der Waals surface area contributed by atoms with E-state index in [0.29, 0.717) is 19.6 Å². The van der Waals surface area contributed by atoms with E-state index in [0.717, 1.165) is 56.7 Å². The van der Waals surface area contributed by atoms with Gasteiger partial charge in [0, 0.05) is 76.4 Å². The molecular weight excluding hydrogens is 1080 g/mol. The van der Waals surface area contributed by atoms with Gasteiger partial charge in [0.05, 0.1) is 38.3 Å². The molecule has 88 heavy (non-hydrogen) atoms. The van der Waals surface area contributed by atoms with E-state index in [4.69, 9.17) is 15.0 Å². The molecule has 0 aliphatic heterocycles. The van der Waals surface area contributed by atoms with Gasteiger partial charge in [-0.25, -0.2) is 15.0 Å². The van der Waals surface area contributed by atoms with Crippen LogP contribution in [0.5, 0.6) is 0 Å². The summed E-state index contributed by atoms with van der Waals surface area (Å²) in [5.74, 6) is 2.90. The second-order valence-electron chi connectivity index (χ2n) is 26.9. The van der Waals surface area contributed by atoms with Crippen LogP contribution in [0.4, 0.5) is 0 Å². The molecule has 0 radical (unpaired) electrons. The molecule has 0 aromatic carbocycles. The van der Waals surface area contributed by atoms with E-state index in [1.807, 2.05) is 37.2 Å². The maximum Gasteiger partial charge on any atom is 0.150 e. The SMILES string of the molecule is CCCCCCCCCCCCCCCCCCCCn1ccnc1C=NCCN(CCN=Cc1nccn1CCCCCCCCCCCCCCCCCCCC)CCN=Cc1nccn1CCCCCCCCCCCCCCCCCCCC. The Morgan fingerprint density at radius 2 is 0.432 bits per heavy atom. The van der Waals surface area contributed by atoms with Crippen LogP contribution in [0, 0.1) is 0 Å². The minimum absolute atomic E-state index is 0.715. The van der Waals surface area contributed by atoms with E-state index >= 15 is 0 Å². The van der Waals surface area contributed by atoms with Gasteiger partial charge in [-0.2, -0.15) is 0 Å². The Morgan fingerprint density at radius 3 is 0.614 bits per heavy atom. The fraction of sp³-hybridized carbons (Fsp3) is 0.846. The van der Waals surface area contributed by atoms with Gasteiger partial charge in [-0.3, -0.25) is 19.9 Å². The van der Waals surface area contributed by atoms with Gasteiger partial charge in [0.1, 0.15) is 0 Å². The standard InChI is InChI=1S/C78H144N10/c1-4-7-10-13-16-19-22-25-28-31-34-37-40-43-46-49-52-55-64-86-70-61-82-76(86)73-79-58-67-85(68-59-80-74-77-83-62-71-87(77)65-56-53-50-47-44-41-38-35-32-29-26-23-20-17-14-11-8-5-2)69-60-81-75-78-84-63-72-88(78)66-57-54-51-48-45-42-39-36-33-30-27-24-21-18-15-12-9-6-3/h61-63,70-75H,4-60,64-69H2,1-3H3. The van der Waals surface area contributed by atoms with Crippen LogP contribution in [0.15, 0.2) is 52.2 Å². The summed E-state index contributed by atoms with van der Waals surface area (Å²) >= 11 is 0. The van der Waals surface area contributed by atoms with Gasteiger partial charge in [-0.1, -0.05) is 348 Å². The minimum atomic E-state index is 0.715. The summed E-state index contributed by atoms with van der Waals surface area (Å²) in [5, 5.41) is 0. The largest absolute Gasteiger partial charge is 0.330 e. The average Bonchev–Trinajstić information content (AvgIpc) is 4.45. The zero-order valence-electron chi connectivity index (χ0n) is 58.7. The topological polar surface area (TPSA) is 93.8 Å². The van der Waals surface area contributed by atoms with E-state index in [-0.39, 0.29) is 0 Å². The van der Waals surface area contributed by atoms with Crippen LogP contribution in [-0.4, -0.2) is 91.5 Å². The summed E-state index contributed by atoms with van der Waals surface area (Å²) in [6, 6.07) is 0. The summed E-state index contributed by atoms with van der Waals surface area (Å²) in [6.45, 7) is 14.7. The van der Waals surface area contributed by atoms with Crippen molar-refractivity contribution in [1.82, 2.24) is 33.6 Å². The maximum atomic E-state index is 4.92. The zero-order chi connectivity index (χ0) is 62.2. The Kier molecular flexibility index (Phi) is 55.9. The van der Waals surface area contributed by atoms with E-state index in [1.165, 1.54) is 347 Å². The molecule has 506 valence electrons. The number of aliphatic imine (C=N–C) groups is 3. The molecule has 3 aromatic rings. The number of hydrogen-bond donors (Lipinski definition) is 0. The van der Waals surface area contributed by atoms with Crippen molar-refractivity contribution in [2.24, 2.45) is 15.0 Å². The number of rotatable bonds is 69. The van der Waals surface area contributed by atoms with Crippen LogP contribution >= 0.6 is 0 Å². The summed E-state index contributed by atoms with van der Waals surface area (Å²) in [6.07, 6.45) is 93.8. The maximum absolute atomic E-state index is 4.92. The van der Waals surface area contributed by atoms with Gasteiger partial charge in [0.25, 0.3) is 0 Å². The van der Waals surface area contributed by atoms with Gasteiger partial charge < -0.3 is 13.7 Å². The lowest BCUT2D eigenvalue weighted by Gasteiger charge is -2.19. The molecule has 3 rings (SSSR count). The lowest BCUT2D eigenvalue weighted by molar-refractivity contribution is 0.298. The first kappa shape index (κ1) is 78.8. The van der Waals surface area contributed by atoms with Gasteiger partial charge in [-0.05, 0) is 19.3 Å². The minimum Gasteiger partial charge on any atom is -0.330 e. The van der Waals surface area contributed by atoms with Crippen molar-refractivity contribution in [3.8, 4) is 0 Å². The summed E-state index contributed by atoms with van der Waals surface area (Å²) in [5.41, 5.74) is 0. The number of nitrogens with zero attached hydrogens (tertiary/aromatic N) is 10. The molecule has 0 aliphatic carbocycles. The molecule has 10 nitrogen and oxygen atoms in total. The van der Waals surface area contributed by atoms with E-state index in [1.54, 1.807) is 0 Å². The van der Waals surface area contributed by atoms with E-state index < -0.39 is 0 Å². The molecule has 0 aliphatic rings. The fourth-order valence-corrected chi connectivity index (χ4v) is 12.8. The number of aromatic nitrogens is 6.